The molecule has 2 aliphatic rings. The maximum atomic E-state index is 13.0. The lowest BCUT2D eigenvalue weighted by atomic mass is 9.94. The van der Waals surface area contributed by atoms with Crippen LogP contribution in [0.3, 0.4) is 0 Å². The van der Waals surface area contributed by atoms with Gasteiger partial charge in [0.2, 0.25) is 5.91 Å². The molecule has 0 spiro atoms. The average molecular weight is 376 g/mol. The van der Waals surface area contributed by atoms with Crippen LogP contribution in [-0.2, 0) is 14.3 Å². The number of rotatable bonds is 4. The van der Waals surface area contributed by atoms with Crippen molar-refractivity contribution >= 4 is 23.5 Å². The van der Waals surface area contributed by atoms with Gasteiger partial charge in [0, 0.05) is 19.2 Å². The first-order chi connectivity index (χ1) is 12.9. The van der Waals surface area contributed by atoms with E-state index in [1.807, 2.05) is 0 Å². The van der Waals surface area contributed by atoms with Gasteiger partial charge in [0.05, 0.1) is 24.1 Å². The van der Waals surface area contributed by atoms with Crippen LogP contribution < -0.4 is 10.1 Å². The fourth-order valence-electron chi connectivity index (χ4n) is 3.55. The molecule has 27 heavy (non-hydrogen) atoms. The van der Waals surface area contributed by atoms with Gasteiger partial charge < -0.3 is 24.8 Å². The number of hydrogen-bond donors (Lipinski definition) is 2. The summed E-state index contributed by atoms with van der Waals surface area (Å²) in [6.07, 6.45) is 0.754. The SMILES string of the molecule is CCC(=O)Nc1ccc2c(c1)C(=O)N(C)[C@H]1CC[C@H](CC(=O)O)O[C@@H]1CO2. The molecule has 0 saturated carbocycles. The minimum absolute atomic E-state index is 0.0576. The molecule has 3 atom stereocenters. The minimum Gasteiger partial charge on any atom is -0.490 e. The van der Waals surface area contributed by atoms with Crippen LogP contribution in [0.4, 0.5) is 5.69 Å². The number of likely N-dealkylation sites (N-methyl/N-ethyl adjacent to an activating group) is 1. The first-order valence-corrected chi connectivity index (χ1v) is 9.10. The number of hydrogen-bond acceptors (Lipinski definition) is 5. The van der Waals surface area contributed by atoms with Crippen molar-refractivity contribution in [2.24, 2.45) is 0 Å². The van der Waals surface area contributed by atoms with Crippen molar-refractivity contribution in [1.82, 2.24) is 4.90 Å². The van der Waals surface area contributed by atoms with E-state index in [1.54, 1.807) is 37.1 Å². The normalized spacial score (nSPS) is 24.7. The lowest BCUT2D eigenvalue weighted by Crippen LogP contribution is -2.53. The molecule has 0 bridgehead atoms. The van der Waals surface area contributed by atoms with E-state index in [0.717, 1.165) is 0 Å². The van der Waals surface area contributed by atoms with Crippen molar-refractivity contribution in [2.45, 2.75) is 50.9 Å². The van der Waals surface area contributed by atoms with Crippen LogP contribution in [0.1, 0.15) is 43.0 Å². The second-order valence-electron chi connectivity index (χ2n) is 6.88. The fourth-order valence-corrected chi connectivity index (χ4v) is 3.55. The number of benzene rings is 1. The van der Waals surface area contributed by atoms with E-state index in [1.165, 1.54) is 0 Å². The number of nitrogens with one attached hydrogen (secondary N) is 1. The van der Waals surface area contributed by atoms with Gasteiger partial charge >= 0.3 is 5.97 Å². The molecule has 0 radical (unpaired) electrons. The summed E-state index contributed by atoms with van der Waals surface area (Å²) >= 11 is 0. The number of amides is 2. The third kappa shape index (κ3) is 4.21. The van der Waals surface area contributed by atoms with Crippen LogP contribution in [0.25, 0.3) is 0 Å². The van der Waals surface area contributed by atoms with E-state index in [9.17, 15) is 14.4 Å². The highest BCUT2D eigenvalue weighted by Crippen LogP contribution is 2.32. The van der Waals surface area contributed by atoms with Gasteiger partial charge in [-0.1, -0.05) is 6.92 Å². The molecular weight excluding hydrogens is 352 g/mol. The maximum Gasteiger partial charge on any atom is 0.305 e. The van der Waals surface area contributed by atoms with Gasteiger partial charge in [-0.25, -0.2) is 0 Å². The van der Waals surface area contributed by atoms with E-state index in [-0.39, 0.29) is 43.1 Å². The Balaban J connectivity index is 1.82. The number of carboxylic acid groups (broad SMARTS) is 1. The Kier molecular flexibility index (Phi) is 5.65. The number of ether oxygens (including phenoxy) is 2. The van der Waals surface area contributed by atoms with Crippen molar-refractivity contribution in [3.8, 4) is 5.75 Å². The summed E-state index contributed by atoms with van der Waals surface area (Å²) < 4.78 is 11.7. The smallest absolute Gasteiger partial charge is 0.305 e. The molecule has 2 N–H and O–H groups in total. The predicted molar refractivity (Wildman–Crippen MR) is 96.9 cm³/mol. The predicted octanol–water partition coefficient (Wildman–Crippen LogP) is 1.89. The van der Waals surface area contributed by atoms with Crippen LogP contribution in [-0.4, -0.2) is 59.7 Å². The van der Waals surface area contributed by atoms with Gasteiger partial charge in [0.25, 0.3) is 5.91 Å². The van der Waals surface area contributed by atoms with E-state index < -0.39 is 5.97 Å². The van der Waals surface area contributed by atoms with E-state index >= 15 is 0 Å². The van der Waals surface area contributed by atoms with Gasteiger partial charge in [-0.2, -0.15) is 0 Å². The van der Waals surface area contributed by atoms with Crippen LogP contribution in [0.2, 0.25) is 0 Å². The molecule has 1 saturated heterocycles. The summed E-state index contributed by atoms with van der Waals surface area (Å²) in [4.78, 5) is 37.2. The Morgan fingerprint density at radius 2 is 2.11 bits per heavy atom. The molecule has 1 aromatic carbocycles. The zero-order valence-electron chi connectivity index (χ0n) is 15.4. The topological polar surface area (TPSA) is 105 Å². The van der Waals surface area contributed by atoms with Gasteiger partial charge in [-0.05, 0) is 31.0 Å². The number of anilines is 1. The summed E-state index contributed by atoms with van der Waals surface area (Å²) in [5.74, 6) is -0.828. The maximum absolute atomic E-state index is 13.0. The quantitative estimate of drug-likeness (QED) is 0.831. The highest BCUT2D eigenvalue weighted by Gasteiger charge is 2.39. The van der Waals surface area contributed by atoms with Gasteiger partial charge in [-0.3, -0.25) is 14.4 Å². The van der Waals surface area contributed by atoms with Crippen molar-refractivity contribution in [3.05, 3.63) is 23.8 Å². The Labute approximate surface area is 157 Å². The number of carbonyl (C=O) groups is 3. The number of carboxylic acids is 1. The van der Waals surface area contributed by atoms with E-state index in [2.05, 4.69) is 5.32 Å². The van der Waals surface area contributed by atoms with Crippen LogP contribution >= 0.6 is 0 Å². The Hall–Kier alpha value is -2.61. The van der Waals surface area contributed by atoms with Crippen LogP contribution in [0.15, 0.2) is 18.2 Å². The zero-order valence-corrected chi connectivity index (χ0v) is 15.4. The minimum atomic E-state index is -0.901. The number of aliphatic carboxylic acids is 1. The van der Waals surface area contributed by atoms with Crippen molar-refractivity contribution in [1.29, 1.82) is 0 Å². The largest absolute Gasteiger partial charge is 0.490 e. The molecule has 0 aliphatic carbocycles. The standard InChI is InChI=1S/C19H24N2O6/c1-3-17(22)20-11-4-7-15-13(8-11)19(25)21(2)14-6-5-12(9-18(23)24)27-16(14)10-26-15/h4,7-8,12,14,16H,3,5-6,9-10H2,1-2H3,(H,20,22)(H,23,24)/t12-,14+,16-/m1/s1. The summed E-state index contributed by atoms with van der Waals surface area (Å²) in [6.45, 7) is 1.98. The van der Waals surface area contributed by atoms with Crippen molar-refractivity contribution < 1.29 is 29.0 Å². The Morgan fingerprint density at radius 1 is 1.33 bits per heavy atom. The summed E-state index contributed by atoms with van der Waals surface area (Å²) in [6, 6.07) is 4.78. The Bertz CT molecular complexity index is 750. The molecule has 146 valence electrons. The van der Waals surface area contributed by atoms with Crippen LogP contribution in [0.5, 0.6) is 5.75 Å². The fraction of sp³-hybridized carbons (Fsp3) is 0.526. The monoisotopic (exact) mass is 376 g/mol. The molecule has 8 heteroatoms. The number of nitrogens with zero attached hydrogens (tertiary/aromatic N) is 1. The van der Waals surface area contributed by atoms with Crippen LogP contribution in [0, 0.1) is 0 Å². The van der Waals surface area contributed by atoms with Gasteiger partial charge in [0.1, 0.15) is 18.5 Å². The second kappa shape index (κ2) is 7.96. The molecule has 2 aliphatic heterocycles. The lowest BCUT2D eigenvalue weighted by Gasteiger charge is -2.42. The third-order valence-corrected chi connectivity index (χ3v) is 5.02. The van der Waals surface area contributed by atoms with Crippen molar-refractivity contribution in [3.63, 3.8) is 0 Å². The van der Waals surface area contributed by atoms with Gasteiger partial charge in [0.15, 0.2) is 0 Å². The summed E-state index contributed by atoms with van der Waals surface area (Å²) in [7, 11) is 1.72. The molecule has 3 rings (SSSR count). The average Bonchev–Trinajstić information content (AvgIpc) is 2.64. The first-order valence-electron chi connectivity index (χ1n) is 9.10. The lowest BCUT2D eigenvalue weighted by molar-refractivity contribution is -0.148. The summed E-state index contributed by atoms with van der Waals surface area (Å²) in [5, 5.41) is 11.7. The highest BCUT2D eigenvalue weighted by atomic mass is 16.5. The zero-order chi connectivity index (χ0) is 19.6. The van der Waals surface area contributed by atoms with Gasteiger partial charge in [-0.15, -0.1) is 0 Å². The molecule has 1 fully saturated rings. The first kappa shape index (κ1) is 19.2. The molecular formula is C19H24N2O6. The second-order valence-corrected chi connectivity index (χ2v) is 6.88. The number of fused-ring (bicyclic) bond motifs is 2. The summed E-state index contributed by atoms with van der Waals surface area (Å²) in [5.41, 5.74) is 0.932. The molecule has 0 aromatic heterocycles. The number of carbonyl (C=O) groups excluding carboxylic acids is 2. The molecule has 2 heterocycles. The molecule has 0 unspecified atom stereocenters. The van der Waals surface area contributed by atoms with E-state index in [4.69, 9.17) is 14.6 Å². The molecule has 1 aromatic rings. The Morgan fingerprint density at radius 3 is 2.81 bits per heavy atom. The van der Waals surface area contributed by atoms with Crippen molar-refractivity contribution in [2.75, 3.05) is 19.0 Å². The molecule has 8 nitrogen and oxygen atoms in total. The van der Waals surface area contributed by atoms with E-state index in [0.29, 0.717) is 36.3 Å². The highest BCUT2D eigenvalue weighted by molar-refractivity contribution is 5.99. The molecule has 2 amide bonds. The third-order valence-electron chi connectivity index (χ3n) is 5.02.